The molecule has 0 unspecified atom stereocenters. The number of amides is 1. The van der Waals surface area contributed by atoms with Crippen LogP contribution in [0, 0.1) is 5.82 Å². The molecule has 2 rings (SSSR count). The molecule has 0 heterocycles. The van der Waals surface area contributed by atoms with Crippen molar-refractivity contribution in [3.8, 4) is 0 Å². The van der Waals surface area contributed by atoms with E-state index in [2.05, 4.69) is 12.2 Å². The fourth-order valence-electron chi connectivity index (χ4n) is 2.18. The predicted octanol–water partition coefficient (Wildman–Crippen LogP) is 2.48. The molecule has 0 radical (unpaired) electrons. The van der Waals surface area contributed by atoms with Gasteiger partial charge < -0.3 is 10.6 Å². The summed E-state index contributed by atoms with van der Waals surface area (Å²) in [7, 11) is 0. The Hall–Kier alpha value is -2.20. The number of anilines is 1. The molecule has 3 nitrogen and oxygen atoms in total. The molecule has 4 heteroatoms. The molecule has 2 atom stereocenters. The number of hydrogen-bond donors (Lipinski definition) is 2. The molecule has 0 saturated carbocycles. The smallest absolute Gasteiger partial charge is 0.282 e. The Bertz CT molecular complexity index is 583. The third-order valence-corrected chi connectivity index (χ3v) is 3.43. The van der Waals surface area contributed by atoms with Crippen LogP contribution in [0.15, 0.2) is 54.6 Å². The van der Waals surface area contributed by atoms with E-state index in [1.54, 1.807) is 12.1 Å². The highest BCUT2D eigenvalue weighted by Crippen LogP contribution is 2.09. The monoisotopic (exact) mass is 287 g/mol. The van der Waals surface area contributed by atoms with Gasteiger partial charge in [0, 0.05) is 11.3 Å². The average molecular weight is 287 g/mol. The van der Waals surface area contributed by atoms with Crippen LogP contribution in [-0.2, 0) is 4.79 Å². The first-order valence-electron chi connectivity index (χ1n) is 7.02. The number of carbonyl (C=O) groups excluding carboxylic acids is 1. The van der Waals surface area contributed by atoms with Gasteiger partial charge >= 0.3 is 0 Å². The minimum atomic E-state index is -0.315. The number of nitrogens with one attached hydrogen (secondary N) is 1. The Labute approximate surface area is 124 Å². The topological polar surface area (TPSA) is 45.7 Å². The lowest BCUT2D eigenvalue weighted by Gasteiger charge is -2.16. The molecule has 0 aliphatic rings. The van der Waals surface area contributed by atoms with Crippen LogP contribution >= 0.6 is 0 Å². The minimum Gasteiger partial charge on any atom is -0.330 e. The SMILES string of the molecule is C[C@H]([NH2+][C@H](C)c1ccccc1)C(=O)Nc1ccc(F)cc1. The zero-order chi connectivity index (χ0) is 15.2. The van der Waals surface area contributed by atoms with E-state index in [1.807, 2.05) is 42.6 Å². The minimum absolute atomic E-state index is 0.0932. The highest BCUT2D eigenvalue weighted by molar-refractivity contribution is 5.93. The lowest BCUT2D eigenvalue weighted by molar-refractivity contribution is -0.709. The number of rotatable bonds is 5. The Morgan fingerprint density at radius 2 is 1.67 bits per heavy atom. The van der Waals surface area contributed by atoms with E-state index < -0.39 is 0 Å². The van der Waals surface area contributed by atoms with Gasteiger partial charge in [-0.25, -0.2) is 4.39 Å². The highest BCUT2D eigenvalue weighted by atomic mass is 19.1. The van der Waals surface area contributed by atoms with Crippen molar-refractivity contribution in [3.05, 3.63) is 66.0 Å². The molecule has 0 saturated heterocycles. The zero-order valence-corrected chi connectivity index (χ0v) is 12.2. The normalized spacial score (nSPS) is 13.5. The molecule has 0 spiro atoms. The first kappa shape index (κ1) is 15.2. The molecule has 21 heavy (non-hydrogen) atoms. The van der Waals surface area contributed by atoms with Gasteiger partial charge in [-0.1, -0.05) is 30.3 Å². The van der Waals surface area contributed by atoms with E-state index in [0.29, 0.717) is 5.69 Å². The molecular weight excluding hydrogens is 267 g/mol. The maximum atomic E-state index is 12.8. The fourth-order valence-corrected chi connectivity index (χ4v) is 2.18. The first-order valence-corrected chi connectivity index (χ1v) is 7.02. The van der Waals surface area contributed by atoms with Crippen LogP contribution in [0.25, 0.3) is 0 Å². The molecule has 0 bridgehead atoms. The molecule has 0 aliphatic heterocycles. The van der Waals surface area contributed by atoms with Gasteiger partial charge in [0.05, 0.1) is 0 Å². The number of hydrogen-bond acceptors (Lipinski definition) is 1. The summed E-state index contributed by atoms with van der Waals surface area (Å²) < 4.78 is 12.8. The maximum Gasteiger partial charge on any atom is 0.282 e. The number of nitrogens with two attached hydrogens (primary N) is 1. The molecule has 2 aromatic rings. The van der Waals surface area contributed by atoms with Crippen molar-refractivity contribution >= 4 is 11.6 Å². The summed E-state index contributed by atoms with van der Waals surface area (Å²) in [6, 6.07) is 15.8. The molecule has 0 aliphatic carbocycles. The molecule has 1 amide bonds. The molecular formula is C17H20FN2O+. The summed E-state index contributed by atoms with van der Waals surface area (Å²) in [4.78, 5) is 12.1. The van der Waals surface area contributed by atoms with Gasteiger partial charge in [-0.05, 0) is 38.1 Å². The van der Waals surface area contributed by atoms with Gasteiger partial charge in [0.2, 0.25) is 0 Å². The second kappa shape index (κ2) is 6.99. The van der Waals surface area contributed by atoms with Crippen LogP contribution in [-0.4, -0.2) is 11.9 Å². The second-order valence-electron chi connectivity index (χ2n) is 5.18. The van der Waals surface area contributed by atoms with Gasteiger partial charge in [-0.2, -0.15) is 0 Å². The van der Waals surface area contributed by atoms with E-state index in [1.165, 1.54) is 17.7 Å². The Balaban J connectivity index is 1.92. The summed E-state index contributed by atoms with van der Waals surface area (Å²) in [5, 5.41) is 4.80. The Kier molecular flexibility index (Phi) is 5.06. The van der Waals surface area contributed by atoms with Gasteiger partial charge in [0.1, 0.15) is 11.9 Å². The summed E-state index contributed by atoms with van der Waals surface area (Å²) >= 11 is 0. The van der Waals surface area contributed by atoms with Crippen LogP contribution in [0.4, 0.5) is 10.1 Å². The lowest BCUT2D eigenvalue weighted by Crippen LogP contribution is -2.91. The van der Waals surface area contributed by atoms with Crippen molar-refractivity contribution in [1.29, 1.82) is 0 Å². The van der Waals surface area contributed by atoms with E-state index in [4.69, 9.17) is 0 Å². The standard InChI is InChI=1S/C17H19FN2O/c1-12(14-6-4-3-5-7-14)19-13(2)17(21)20-16-10-8-15(18)9-11-16/h3-13,19H,1-2H3,(H,20,21)/p+1/t12-,13+/m1/s1. The maximum absolute atomic E-state index is 12.8. The van der Waals surface area contributed by atoms with Crippen molar-refractivity contribution in [1.82, 2.24) is 0 Å². The molecule has 0 fully saturated rings. The summed E-state index contributed by atoms with van der Waals surface area (Å²) in [5.41, 5.74) is 1.79. The van der Waals surface area contributed by atoms with Crippen molar-refractivity contribution in [2.45, 2.75) is 25.9 Å². The summed E-state index contributed by atoms with van der Waals surface area (Å²) in [5.74, 6) is -0.408. The molecule has 3 N–H and O–H groups in total. The summed E-state index contributed by atoms with van der Waals surface area (Å²) in [6.45, 7) is 3.93. The van der Waals surface area contributed by atoms with E-state index in [9.17, 15) is 9.18 Å². The van der Waals surface area contributed by atoms with Crippen molar-refractivity contribution in [2.75, 3.05) is 5.32 Å². The van der Waals surface area contributed by atoms with E-state index in [-0.39, 0.29) is 23.8 Å². The van der Waals surface area contributed by atoms with Crippen molar-refractivity contribution in [2.24, 2.45) is 0 Å². The fraction of sp³-hybridized carbons (Fsp3) is 0.235. The second-order valence-corrected chi connectivity index (χ2v) is 5.18. The number of carbonyl (C=O) groups is 1. The number of quaternary nitrogens is 1. The van der Waals surface area contributed by atoms with Crippen LogP contribution < -0.4 is 10.6 Å². The van der Waals surface area contributed by atoms with E-state index in [0.717, 1.165) is 0 Å². The molecule has 0 aromatic heterocycles. The zero-order valence-electron chi connectivity index (χ0n) is 12.2. The van der Waals surface area contributed by atoms with Gasteiger partial charge in [0.25, 0.3) is 5.91 Å². The van der Waals surface area contributed by atoms with Crippen LogP contribution in [0.3, 0.4) is 0 Å². The lowest BCUT2D eigenvalue weighted by atomic mass is 10.1. The Morgan fingerprint density at radius 1 is 1.05 bits per heavy atom. The summed E-state index contributed by atoms with van der Waals surface area (Å²) in [6.07, 6.45) is 0. The number of benzene rings is 2. The number of halogens is 1. The quantitative estimate of drug-likeness (QED) is 0.872. The van der Waals surface area contributed by atoms with Crippen LogP contribution in [0.5, 0.6) is 0 Å². The molecule has 2 aromatic carbocycles. The highest BCUT2D eigenvalue weighted by Gasteiger charge is 2.20. The first-order chi connectivity index (χ1) is 10.1. The van der Waals surface area contributed by atoms with Crippen molar-refractivity contribution < 1.29 is 14.5 Å². The largest absolute Gasteiger partial charge is 0.330 e. The van der Waals surface area contributed by atoms with Gasteiger partial charge in [-0.15, -0.1) is 0 Å². The van der Waals surface area contributed by atoms with Crippen LogP contribution in [0.1, 0.15) is 25.5 Å². The third kappa shape index (κ3) is 4.39. The Morgan fingerprint density at radius 3 is 2.29 bits per heavy atom. The van der Waals surface area contributed by atoms with E-state index >= 15 is 0 Å². The predicted molar refractivity (Wildman–Crippen MR) is 81.3 cm³/mol. The average Bonchev–Trinajstić information content (AvgIpc) is 2.50. The van der Waals surface area contributed by atoms with Crippen molar-refractivity contribution in [3.63, 3.8) is 0 Å². The third-order valence-electron chi connectivity index (χ3n) is 3.43. The van der Waals surface area contributed by atoms with Crippen LogP contribution in [0.2, 0.25) is 0 Å². The van der Waals surface area contributed by atoms with Gasteiger partial charge in [0.15, 0.2) is 6.04 Å². The van der Waals surface area contributed by atoms with Gasteiger partial charge in [-0.3, -0.25) is 4.79 Å². The molecule has 110 valence electrons.